The first kappa shape index (κ1) is 29.5. The minimum atomic E-state index is -0.449. The molecule has 0 aromatic heterocycles. The quantitative estimate of drug-likeness (QED) is 0.231. The number of nitrogens with zero attached hydrogens (tertiary/aromatic N) is 2. The lowest BCUT2D eigenvalue weighted by Gasteiger charge is -2.69. The third-order valence-electron chi connectivity index (χ3n) is 7.24. The number of amides is 2. The number of ether oxygens (including phenoxy) is 2. The van der Waals surface area contributed by atoms with Gasteiger partial charge in [-0.3, -0.25) is 0 Å². The molecule has 2 amide bonds. The Kier molecular flexibility index (Phi) is 8.38. The van der Waals surface area contributed by atoms with E-state index in [9.17, 15) is 9.59 Å². The number of hydrogen-bond donors (Lipinski definition) is 2. The van der Waals surface area contributed by atoms with Gasteiger partial charge in [0.1, 0.15) is 11.2 Å². The van der Waals surface area contributed by atoms with Crippen LogP contribution in [0.25, 0.3) is 9.69 Å². The first-order valence-electron chi connectivity index (χ1n) is 12.1. The fourth-order valence-corrected chi connectivity index (χ4v) is 6.09. The largest absolute Gasteiger partial charge is 0.444 e. The maximum absolute atomic E-state index is 11.6. The highest BCUT2D eigenvalue weighted by Crippen LogP contribution is 2.69. The van der Waals surface area contributed by atoms with E-state index in [4.69, 9.17) is 22.6 Å². The number of nitrogens with one attached hydrogen (secondary N) is 2. The Morgan fingerprint density at radius 3 is 1.54 bits per heavy atom. The second-order valence-corrected chi connectivity index (χ2v) is 12.9. The second kappa shape index (κ2) is 9.95. The predicted molar refractivity (Wildman–Crippen MR) is 144 cm³/mol. The van der Waals surface area contributed by atoms with E-state index >= 15 is 0 Å². The Morgan fingerprint density at radius 2 is 1.23 bits per heavy atom. The number of carbonyl (C=O) groups is 2. The third kappa shape index (κ3) is 6.72. The minimum absolute atomic E-state index is 0.0486. The van der Waals surface area contributed by atoms with Gasteiger partial charge in [-0.2, -0.15) is 0 Å². The highest BCUT2D eigenvalue weighted by molar-refractivity contribution is 14.1. The summed E-state index contributed by atoms with van der Waals surface area (Å²) in [5.74, 6) is 0. The summed E-state index contributed by atoms with van der Waals surface area (Å²) in [5.41, 5.74) is -0.612. The van der Waals surface area contributed by atoms with E-state index in [-0.39, 0.29) is 40.1 Å². The van der Waals surface area contributed by atoms with Crippen molar-refractivity contribution in [1.82, 2.24) is 10.6 Å². The number of carbonyl (C=O) groups excluding carboxylic acids is 2. The maximum Gasteiger partial charge on any atom is 0.408 e. The van der Waals surface area contributed by atoms with Gasteiger partial charge in [-0.1, -0.05) is 22.6 Å². The fraction of sp³-hybridized carbons (Fsp3) is 0.846. The van der Waals surface area contributed by atoms with E-state index in [0.717, 1.165) is 38.5 Å². The Morgan fingerprint density at radius 1 is 0.857 bits per heavy atom. The van der Waals surface area contributed by atoms with E-state index in [1.807, 2.05) is 53.4 Å². The molecular formula is C26H41IN4O4. The first-order valence-corrected chi connectivity index (χ1v) is 14.2. The van der Waals surface area contributed by atoms with E-state index in [2.05, 4.69) is 42.9 Å². The summed E-state index contributed by atoms with van der Waals surface area (Å²) in [6.07, 6.45) is 4.98. The number of hydrogen-bond acceptors (Lipinski definition) is 4. The Hall–Kier alpha value is -1.75. The molecule has 6 rings (SSSR count). The van der Waals surface area contributed by atoms with E-state index in [1.165, 1.54) is 0 Å². The molecule has 1 atom stereocenters. The number of alkyl carbamates (subject to hydrolysis) is 2. The third-order valence-corrected chi connectivity index (χ3v) is 7.24. The van der Waals surface area contributed by atoms with Crippen LogP contribution in [0.3, 0.4) is 0 Å². The monoisotopic (exact) mass is 600 g/mol. The van der Waals surface area contributed by atoms with E-state index in [0.29, 0.717) is 6.54 Å². The molecule has 6 saturated carbocycles. The van der Waals surface area contributed by atoms with Crippen LogP contribution in [0.2, 0.25) is 0 Å². The highest BCUT2D eigenvalue weighted by atomic mass is 127. The maximum atomic E-state index is 11.6. The summed E-state index contributed by atoms with van der Waals surface area (Å²) in [6, 6.07) is 0.0739. The Balaban J connectivity index is 0.000000231. The second-order valence-electron chi connectivity index (χ2n) is 12.9. The molecule has 6 fully saturated rings. The predicted octanol–water partition coefficient (Wildman–Crippen LogP) is 6.15. The molecule has 0 aliphatic heterocycles. The standard InChI is InChI=1S/C13H20N2O2.C12H18N2O2.CH3I/c1-9(14-5)12-6-13(7-12,8-12)15-10(16)17-11(2,3)4;1-10(2,3)16-9(15)14-12-5-11(6-12,7-12)8-13-4;1-2/h9H,6-8H2,1-4H3,(H,15,16);5-8H2,1-3H3,(H,14,15);1H3. The number of halogens is 1. The zero-order chi connectivity index (χ0) is 26.9. The molecular weight excluding hydrogens is 559 g/mol. The summed E-state index contributed by atoms with van der Waals surface area (Å²) in [5, 5.41) is 5.89. The molecule has 6 aliphatic carbocycles. The molecule has 6 aliphatic rings. The lowest BCUT2D eigenvalue weighted by molar-refractivity contribution is -0.156. The average Bonchev–Trinajstić information content (AvgIpc) is 2.59. The summed E-state index contributed by atoms with van der Waals surface area (Å²) in [7, 11) is 0. The fourth-order valence-electron chi connectivity index (χ4n) is 6.09. The minimum Gasteiger partial charge on any atom is -0.444 e. The normalized spacial score (nSPS) is 33.8. The Bertz CT molecular complexity index is 867. The van der Waals surface area contributed by atoms with Crippen LogP contribution in [0.4, 0.5) is 9.59 Å². The van der Waals surface area contributed by atoms with Crippen LogP contribution >= 0.6 is 22.6 Å². The zero-order valence-electron chi connectivity index (χ0n) is 22.4. The molecule has 196 valence electrons. The van der Waals surface area contributed by atoms with Gasteiger partial charge in [0, 0.05) is 23.4 Å². The molecule has 0 heterocycles. The molecule has 2 N–H and O–H groups in total. The van der Waals surface area contributed by atoms with Gasteiger partial charge in [0.25, 0.3) is 0 Å². The van der Waals surface area contributed by atoms with Crippen LogP contribution in [-0.4, -0.2) is 52.0 Å². The number of alkyl halides is 1. The van der Waals surface area contributed by atoms with Crippen molar-refractivity contribution in [2.75, 3.05) is 11.5 Å². The van der Waals surface area contributed by atoms with Crippen LogP contribution in [0, 0.1) is 24.0 Å². The summed E-state index contributed by atoms with van der Waals surface area (Å²) in [6.45, 7) is 27.6. The highest BCUT2D eigenvalue weighted by Gasteiger charge is 2.73. The molecule has 0 radical (unpaired) electrons. The summed E-state index contributed by atoms with van der Waals surface area (Å²) >= 11 is 2.15. The van der Waals surface area contributed by atoms with E-state index in [1.54, 1.807) is 0 Å². The first-order chi connectivity index (χ1) is 16.0. The van der Waals surface area contributed by atoms with Crippen molar-refractivity contribution >= 4 is 34.8 Å². The van der Waals surface area contributed by atoms with Crippen LogP contribution in [0.15, 0.2) is 0 Å². The van der Waals surface area contributed by atoms with Crippen molar-refractivity contribution in [3.05, 3.63) is 22.8 Å². The summed E-state index contributed by atoms with van der Waals surface area (Å²) in [4.78, 5) is 32.2. The van der Waals surface area contributed by atoms with Crippen LogP contribution in [-0.2, 0) is 9.47 Å². The van der Waals surface area contributed by atoms with Crippen molar-refractivity contribution in [2.24, 2.45) is 10.8 Å². The van der Waals surface area contributed by atoms with Crippen LogP contribution < -0.4 is 10.6 Å². The zero-order valence-corrected chi connectivity index (χ0v) is 24.6. The van der Waals surface area contributed by atoms with Gasteiger partial charge in [-0.25, -0.2) is 22.7 Å². The SMILES string of the molecule is CI.[C-]#[N+]C(C)C12CC(NC(=O)OC(C)(C)C)(C1)C2.[C-]#[N+]CC12CC(NC(=O)OC(C)(C)C)(C1)C2. The average molecular weight is 601 g/mol. The Labute approximate surface area is 224 Å². The molecule has 1 unspecified atom stereocenters. The van der Waals surface area contributed by atoms with Crippen molar-refractivity contribution in [2.45, 2.75) is 115 Å². The van der Waals surface area contributed by atoms with E-state index < -0.39 is 11.2 Å². The van der Waals surface area contributed by atoms with Gasteiger partial charge < -0.3 is 29.8 Å². The van der Waals surface area contributed by atoms with Gasteiger partial charge >= 0.3 is 12.2 Å². The van der Waals surface area contributed by atoms with Crippen molar-refractivity contribution in [1.29, 1.82) is 0 Å². The molecule has 0 aromatic carbocycles. The summed E-state index contributed by atoms with van der Waals surface area (Å²) < 4.78 is 10.5. The van der Waals surface area contributed by atoms with Gasteiger partial charge in [-0.05, 0) is 85.0 Å². The van der Waals surface area contributed by atoms with Gasteiger partial charge in [0.15, 0.2) is 0 Å². The van der Waals surface area contributed by atoms with Crippen LogP contribution in [0.5, 0.6) is 0 Å². The molecule has 4 bridgehead atoms. The molecule has 9 heteroatoms. The van der Waals surface area contributed by atoms with Crippen LogP contribution in [0.1, 0.15) is 87.0 Å². The smallest absolute Gasteiger partial charge is 0.408 e. The van der Waals surface area contributed by atoms with Crippen molar-refractivity contribution < 1.29 is 19.1 Å². The molecule has 8 nitrogen and oxygen atoms in total. The topological polar surface area (TPSA) is 85.4 Å². The van der Waals surface area contributed by atoms with Gasteiger partial charge in [0.2, 0.25) is 12.6 Å². The van der Waals surface area contributed by atoms with Gasteiger partial charge in [0.05, 0.1) is 5.41 Å². The molecule has 0 spiro atoms. The molecule has 0 aromatic rings. The van der Waals surface area contributed by atoms with Crippen molar-refractivity contribution in [3.63, 3.8) is 0 Å². The molecule has 0 saturated heterocycles. The van der Waals surface area contributed by atoms with Gasteiger partial charge in [-0.15, -0.1) is 0 Å². The van der Waals surface area contributed by atoms with Crippen molar-refractivity contribution in [3.8, 4) is 0 Å². The lowest BCUT2D eigenvalue weighted by Crippen LogP contribution is -2.77. The number of rotatable bonds is 4. The molecule has 35 heavy (non-hydrogen) atoms. The lowest BCUT2D eigenvalue weighted by atomic mass is 9.37.